The first kappa shape index (κ1) is 47.4. The molecule has 15 nitrogen and oxygen atoms in total. The molecule has 6 bridgehead atoms. The van der Waals surface area contributed by atoms with Gasteiger partial charge in [-0.05, 0) is 97.2 Å². The number of aromatic hydroxyl groups is 1. The number of likely N-dealkylation sites (tertiary alicyclic amines) is 1. The second kappa shape index (κ2) is 18.5. The van der Waals surface area contributed by atoms with E-state index in [-0.39, 0.29) is 62.8 Å². The molecule has 6 heterocycles. The Morgan fingerprint density at radius 2 is 1.87 bits per heavy atom. The maximum atomic E-state index is 15.2. The van der Waals surface area contributed by atoms with Crippen molar-refractivity contribution in [1.82, 2.24) is 34.7 Å². The number of rotatable bonds is 9. The van der Waals surface area contributed by atoms with Gasteiger partial charge in [0.2, 0.25) is 17.7 Å². The molecule has 2 aromatic heterocycles. The van der Waals surface area contributed by atoms with E-state index in [0.717, 1.165) is 27.7 Å². The third-order valence-electron chi connectivity index (χ3n) is 13.9. The summed E-state index contributed by atoms with van der Waals surface area (Å²) in [6.07, 6.45) is 4.23. The van der Waals surface area contributed by atoms with Gasteiger partial charge in [-0.15, -0.1) is 0 Å². The Kier molecular flexibility index (Phi) is 13.1. The molecule has 2 aromatic carbocycles. The third-order valence-corrected chi connectivity index (χ3v) is 13.9. The highest BCUT2D eigenvalue weighted by Gasteiger charge is 2.64. The number of aromatic nitrogens is 2. The second-order valence-corrected chi connectivity index (χ2v) is 19.7. The molecule has 0 radical (unpaired) electrons. The number of carbonyl (C=O) groups is 5. The van der Waals surface area contributed by atoms with E-state index in [1.165, 1.54) is 33.1 Å². The van der Waals surface area contributed by atoms with E-state index in [1.54, 1.807) is 31.2 Å². The number of phenols is 1. The van der Waals surface area contributed by atoms with Crippen molar-refractivity contribution >= 4 is 40.5 Å². The number of benzene rings is 2. The molecule has 0 saturated carbocycles. The SMILES string of the molecule is C=CC(=O)N1CC[C@H](C(=O)N(C)[C@H](C(=O)N2C[C@@]23Cc2cc(O)cc(c2)-c2ccc4c(c2)c(c(-c2cc(F)cnc2COC)n4CC)CC(C)(C)COC(=O)[C@@H]2CCCN(N2)C3=O)C(C)C)C1. The number of ether oxygens (including phenoxy) is 2. The predicted molar refractivity (Wildman–Crippen MR) is 249 cm³/mol. The first-order chi connectivity index (χ1) is 31.9. The maximum Gasteiger partial charge on any atom is 0.324 e. The number of likely N-dealkylation sites (N-methyl/N-ethyl adjacent to an activating group) is 1. The smallest absolute Gasteiger partial charge is 0.324 e. The minimum absolute atomic E-state index is 0.0306. The lowest BCUT2D eigenvalue weighted by Crippen LogP contribution is -2.60. The van der Waals surface area contributed by atoms with Crippen molar-refractivity contribution in [1.29, 1.82) is 0 Å². The first-order valence-electron chi connectivity index (χ1n) is 23.3. The van der Waals surface area contributed by atoms with Gasteiger partial charge in [0, 0.05) is 68.6 Å². The number of esters is 1. The summed E-state index contributed by atoms with van der Waals surface area (Å²) >= 11 is 0. The fourth-order valence-corrected chi connectivity index (χ4v) is 10.6. The van der Waals surface area contributed by atoms with Crippen LogP contribution in [0.5, 0.6) is 5.75 Å². The zero-order valence-corrected chi connectivity index (χ0v) is 39.6. The van der Waals surface area contributed by atoms with Crippen molar-refractivity contribution in [2.45, 2.75) is 97.5 Å². The van der Waals surface area contributed by atoms with E-state index in [2.05, 4.69) is 27.6 Å². The van der Waals surface area contributed by atoms with E-state index in [4.69, 9.17) is 9.47 Å². The molecule has 3 saturated heterocycles. The summed E-state index contributed by atoms with van der Waals surface area (Å²) < 4.78 is 28.9. The molecule has 8 rings (SSSR count). The lowest BCUT2D eigenvalue weighted by molar-refractivity contribution is -0.156. The van der Waals surface area contributed by atoms with Gasteiger partial charge < -0.3 is 33.8 Å². The zero-order chi connectivity index (χ0) is 48.1. The van der Waals surface area contributed by atoms with E-state index in [0.29, 0.717) is 61.2 Å². The summed E-state index contributed by atoms with van der Waals surface area (Å²) in [5.74, 6) is -3.19. The molecule has 2 N–H and O–H groups in total. The monoisotopic (exact) mass is 919 g/mol. The number of amides is 4. The van der Waals surface area contributed by atoms with Gasteiger partial charge in [-0.2, -0.15) is 0 Å². The van der Waals surface area contributed by atoms with E-state index in [1.807, 2.05) is 52.8 Å². The Labute approximate surface area is 390 Å². The van der Waals surface area contributed by atoms with Crippen LogP contribution >= 0.6 is 0 Å². The number of halogens is 1. The minimum atomic E-state index is -1.42. The van der Waals surface area contributed by atoms with Crippen LogP contribution in [-0.4, -0.2) is 129 Å². The number of pyridine rings is 1. The van der Waals surface area contributed by atoms with Gasteiger partial charge in [-0.3, -0.25) is 34.0 Å². The first-order valence-corrected chi connectivity index (χ1v) is 23.3. The molecule has 0 aliphatic carbocycles. The molecule has 4 aliphatic rings. The number of fused-ring (bicyclic) bond motifs is 6. The molecule has 4 amide bonds. The van der Waals surface area contributed by atoms with Crippen LogP contribution in [0.2, 0.25) is 0 Å². The van der Waals surface area contributed by atoms with Gasteiger partial charge >= 0.3 is 5.97 Å². The number of nitrogens with zero attached hydrogens (tertiary/aromatic N) is 6. The molecule has 4 aliphatic heterocycles. The van der Waals surface area contributed by atoms with Gasteiger partial charge in [0.1, 0.15) is 29.2 Å². The van der Waals surface area contributed by atoms with Gasteiger partial charge in [0.15, 0.2) is 0 Å². The number of carbonyl (C=O) groups excluding carboxylic acids is 5. The van der Waals surface area contributed by atoms with Crippen molar-refractivity contribution in [2.24, 2.45) is 17.3 Å². The third kappa shape index (κ3) is 9.05. The topological polar surface area (TPSA) is 167 Å². The quantitative estimate of drug-likeness (QED) is 0.122. The molecular weight excluding hydrogens is 858 g/mol. The second-order valence-electron chi connectivity index (χ2n) is 19.7. The Morgan fingerprint density at radius 3 is 2.58 bits per heavy atom. The van der Waals surface area contributed by atoms with Crippen molar-refractivity contribution in [2.75, 3.05) is 46.9 Å². The van der Waals surface area contributed by atoms with Crippen LogP contribution in [0.15, 0.2) is 61.3 Å². The number of hydrogen-bond donors (Lipinski definition) is 2. The maximum absolute atomic E-state index is 15.2. The standard InChI is InChI=1S/C51H62FN7O8/c1-9-43(61)56-17-15-33(26-56)46(62)55(7)44(30(3)4)47(63)58-28-51(58)23-31-18-34(20-36(60)19-31)32-13-14-42-37(21-32)39(45(57(42)10-2)38-22-35(52)25-53-41(38)27-66-8)24-50(5,6)29-67-48(64)40-12-11-16-59(54-40)49(51)65/h9,13-14,18-22,25,30,33,40,44,54,60H,1,10-12,15-17,23-24,26-29H2,2-8H3/t33-,40-,44-,51+,58?/m0/s1. The van der Waals surface area contributed by atoms with E-state index >= 15 is 9.18 Å². The summed E-state index contributed by atoms with van der Waals surface area (Å²) in [6.45, 7) is 15.0. The fraction of sp³-hybridized carbons (Fsp3) is 0.490. The van der Waals surface area contributed by atoms with Crippen molar-refractivity contribution in [3.63, 3.8) is 0 Å². The van der Waals surface area contributed by atoms with Crippen molar-refractivity contribution in [3.05, 3.63) is 84.0 Å². The number of hydrogen-bond acceptors (Lipinski definition) is 10. The number of phenolic OH excluding ortho intramolecular Hbond substituents is 1. The molecule has 16 heteroatoms. The van der Waals surface area contributed by atoms with Crippen LogP contribution < -0.4 is 5.43 Å². The highest BCUT2D eigenvalue weighted by molar-refractivity contribution is 6.00. The van der Waals surface area contributed by atoms with E-state index in [9.17, 15) is 24.3 Å². The average molecular weight is 920 g/mol. The molecule has 67 heavy (non-hydrogen) atoms. The molecule has 3 fully saturated rings. The van der Waals surface area contributed by atoms with Gasteiger partial charge in [0.05, 0.1) is 43.3 Å². The Balaban J connectivity index is 1.22. The molecule has 4 atom stereocenters. The number of methoxy groups -OCH3 is 1. The number of cyclic esters (lactones) is 1. The fourth-order valence-electron chi connectivity index (χ4n) is 10.6. The van der Waals surface area contributed by atoms with Crippen LogP contribution in [0.4, 0.5) is 4.39 Å². The summed E-state index contributed by atoms with van der Waals surface area (Å²) in [5, 5.41) is 13.7. The lowest BCUT2D eigenvalue weighted by atomic mass is 9.84. The summed E-state index contributed by atoms with van der Waals surface area (Å²) in [6, 6.07) is 10.9. The molecule has 4 aromatic rings. The zero-order valence-electron chi connectivity index (χ0n) is 39.6. The summed E-state index contributed by atoms with van der Waals surface area (Å²) in [7, 11) is 3.17. The average Bonchev–Trinajstić information content (AvgIpc) is 3.66. The largest absolute Gasteiger partial charge is 0.508 e. The Morgan fingerprint density at radius 1 is 1.09 bits per heavy atom. The van der Waals surface area contributed by atoms with Crippen LogP contribution in [0.25, 0.3) is 33.3 Å². The van der Waals surface area contributed by atoms with Crippen molar-refractivity contribution in [3.8, 4) is 28.1 Å². The highest BCUT2D eigenvalue weighted by Crippen LogP contribution is 2.44. The molecule has 1 spiro atoms. The summed E-state index contributed by atoms with van der Waals surface area (Å²) in [5.41, 5.74) is 6.89. The van der Waals surface area contributed by atoms with Crippen LogP contribution in [0, 0.1) is 23.1 Å². The van der Waals surface area contributed by atoms with Crippen LogP contribution in [-0.2, 0) is 59.4 Å². The van der Waals surface area contributed by atoms with Gasteiger partial charge in [-0.1, -0.05) is 46.4 Å². The van der Waals surface area contributed by atoms with E-state index < -0.39 is 52.6 Å². The number of aryl methyl sites for hydroxylation is 1. The molecular formula is C51H62FN7O8. The molecule has 356 valence electrons. The number of nitrogens with one attached hydrogen (secondary N) is 1. The summed E-state index contributed by atoms with van der Waals surface area (Å²) in [4.78, 5) is 79.3. The lowest BCUT2D eigenvalue weighted by Gasteiger charge is -2.36. The normalized spacial score (nSPS) is 22.2. The molecule has 0 unspecified atom stereocenters. The highest BCUT2D eigenvalue weighted by atomic mass is 19.1. The van der Waals surface area contributed by atoms with Crippen LogP contribution in [0.3, 0.4) is 0 Å². The Hall–Kier alpha value is -6.13. The predicted octanol–water partition coefficient (Wildman–Crippen LogP) is 5.64. The van der Waals surface area contributed by atoms with Gasteiger partial charge in [-0.25, -0.2) is 9.82 Å². The van der Waals surface area contributed by atoms with Crippen molar-refractivity contribution < 1.29 is 42.9 Å². The van der Waals surface area contributed by atoms with Gasteiger partial charge in [0.25, 0.3) is 5.91 Å². The number of hydrazine groups is 1. The van der Waals surface area contributed by atoms with Crippen LogP contribution in [0.1, 0.15) is 70.7 Å². The Bertz CT molecular complexity index is 2640. The minimum Gasteiger partial charge on any atom is -0.508 e.